The number of amides is 1. The Morgan fingerprint density at radius 1 is 1.25 bits per heavy atom. The highest BCUT2D eigenvalue weighted by molar-refractivity contribution is 7.12. The average Bonchev–Trinajstić information content (AvgIpc) is 3.07. The van der Waals surface area contributed by atoms with Crippen LogP contribution in [-0.4, -0.2) is 53.1 Å². The lowest BCUT2D eigenvalue weighted by molar-refractivity contribution is 0.0751. The molecule has 1 aliphatic heterocycles. The van der Waals surface area contributed by atoms with E-state index in [-0.39, 0.29) is 12.0 Å². The van der Waals surface area contributed by atoms with Crippen LogP contribution in [-0.2, 0) is 0 Å². The fourth-order valence-corrected chi connectivity index (χ4v) is 3.37. The van der Waals surface area contributed by atoms with E-state index < -0.39 is 0 Å². The summed E-state index contributed by atoms with van der Waals surface area (Å²) < 4.78 is 5.69. The number of ether oxygens (including phenoxy) is 1. The van der Waals surface area contributed by atoms with Crippen molar-refractivity contribution in [1.29, 1.82) is 0 Å². The van der Waals surface area contributed by atoms with Gasteiger partial charge in [-0.2, -0.15) is 4.98 Å². The zero-order chi connectivity index (χ0) is 17.1. The number of carbonyl (C=O) groups excluding carboxylic acids is 1. The second-order valence-electron chi connectivity index (χ2n) is 6.03. The minimum Gasteiger partial charge on any atom is -0.475 e. The number of hydrogen-bond donors (Lipinski definition) is 0. The summed E-state index contributed by atoms with van der Waals surface area (Å²) in [6.07, 6.45) is 0.0763. The molecule has 2 aromatic heterocycles. The van der Waals surface area contributed by atoms with E-state index in [1.165, 1.54) is 11.3 Å². The van der Waals surface area contributed by atoms with Gasteiger partial charge in [0.2, 0.25) is 5.88 Å². The van der Waals surface area contributed by atoms with Gasteiger partial charge in [0.15, 0.2) is 0 Å². The Bertz CT molecular complexity index is 695. The first-order valence-corrected chi connectivity index (χ1v) is 9.01. The molecule has 1 fully saturated rings. The standard InChI is InChI=1S/C17H22N4O2S/c1-12(2)23-16-11-15(18-13(3)19-16)20-6-8-21(9-7-20)17(22)14-5-4-10-24-14/h4-5,10-12H,6-9H2,1-3H3. The molecule has 1 aliphatic rings. The van der Waals surface area contributed by atoms with Gasteiger partial charge in [-0.3, -0.25) is 4.79 Å². The highest BCUT2D eigenvalue weighted by atomic mass is 32.1. The van der Waals surface area contributed by atoms with Crippen LogP contribution in [0, 0.1) is 6.92 Å². The Kier molecular flexibility index (Phi) is 4.99. The molecule has 0 bridgehead atoms. The molecule has 7 heteroatoms. The molecule has 6 nitrogen and oxygen atoms in total. The van der Waals surface area contributed by atoms with Crippen LogP contribution in [0.2, 0.25) is 0 Å². The lowest BCUT2D eigenvalue weighted by atomic mass is 10.3. The molecular formula is C17H22N4O2S. The minimum absolute atomic E-state index is 0.0763. The molecule has 24 heavy (non-hydrogen) atoms. The van der Waals surface area contributed by atoms with Gasteiger partial charge in [0, 0.05) is 32.2 Å². The summed E-state index contributed by atoms with van der Waals surface area (Å²) in [7, 11) is 0. The van der Waals surface area contributed by atoms with Crippen molar-refractivity contribution in [3.63, 3.8) is 0 Å². The van der Waals surface area contributed by atoms with Gasteiger partial charge in [-0.25, -0.2) is 4.98 Å². The smallest absolute Gasteiger partial charge is 0.264 e. The first kappa shape index (κ1) is 16.7. The number of hydrogen-bond acceptors (Lipinski definition) is 6. The third-order valence-corrected chi connectivity index (χ3v) is 4.64. The Balaban J connectivity index is 1.66. The molecule has 3 heterocycles. The lowest BCUT2D eigenvalue weighted by Gasteiger charge is -2.35. The van der Waals surface area contributed by atoms with Gasteiger partial charge in [-0.1, -0.05) is 6.07 Å². The maximum atomic E-state index is 12.4. The normalized spacial score (nSPS) is 15.0. The predicted octanol–water partition coefficient (Wildman–Crippen LogP) is 2.60. The van der Waals surface area contributed by atoms with E-state index in [2.05, 4.69) is 14.9 Å². The van der Waals surface area contributed by atoms with Gasteiger partial charge >= 0.3 is 0 Å². The second-order valence-corrected chi connectivity index (χ2v) is 6.98. The van der Waals surface area contributed by atoms with Gasteiger partial charge in [0.25, 0.3) is 5.91 Å². The summed E-state index contributed by atoms with van der Waals surface area (Å²) in [4.78, 5) is 26.1. The quantitative estimate of drug-likeness (QED) is 0.852. The maximum Gasteiger partial charge on any atom is 0.264 e. The Morgan fingerprint density at radius 2 is 2.00 bits per heavy atom. The van der Waals surface area contributed by atoms with Gasteiger partial charge in [-0.15, -0.1) is 11.3 Å². The van der Waals surface area contributed by atoms with Gasteiger partial charge in [0.1, 0.15) is 11.6 Å². The fraction of sp³-hybridized carbons (Fsp3) is 0.471. The molecule has 0 atom stereocenters. The van der Waals surface area contributed by atoms with Crippen molar-refractivity contribution in [2.24, 2.45) is 0 Å². The molecule has 0 aromatic carbocycles. The van der Waals surface area contributed by atoms with Gasteiger partial charge < -0.3 is 14.5 Å². The van der Waals surface area contributed by atoms with Gasteiger partial charge in [0.05, 0.1) is 11.0 Å². The number of piperazine rings is 1. The molecule has 3 rings (SSSR count). The number of anilines is 1. The van der Waals surface area contributed by atoms with Crippen molar-refractivity contribution in [3.05, 3.63) is 34.3 Å². The zero-order valence-electron chi connectivity index (χ0n) is 14.2. The number of rotatable bonds is 4. The fourth-order valence-electron chi connectivity index (χ4n) is 2.68. The number of thiophene rings is 1. The summed E-state index contributed by atoms with van der Waals surface area (Å²) >= 11 is 1.49. The molecule has 1 amide bonds. The molecular weight excluding hydrogens is 324 g/mol. The largest absolute Gasteiger partial charge is 0.475 e. The minimum atomic E-state index is 0.0763. The van der Waals surface area contributed by atoms with Crippen LogP contribution in [0.5, 0.6) is 5.88 Å². The molecule has 0 spiro atoms. The Hall–Kier alpha value is -2.15. The van der Waals surface area contributed by atoms with Crippen LogP contribution >= 0.6 is 11.3 Å². The Morgan fingerprint density at radius 3 is 2.62 bits per heavy atom. The van der Waals surface area contributed by atoms with Crippen molar-refractivity contribution in [2.75, 3.05) is 31.1 Å². The third kappa shape index (κ3) is 3.84. The molecule has 0 radical (unpaired) electrons. The third-order valence-electron chi connectivity index (χ3n) is 3.78. The monoisotopic (exact) mass is 346 g/mol. The van der Waals surface area contributed by atoms with Crippen LogP contribution in [0.3, 0.4) is 0 Å². The van der Waals surface area contributed by atoms with Crippen LogP contribution in [0.15, 0.2) is 23.6 Å². The van der Waals surface area contributed by atoms with Crippen molar-refractivity contribution < 1.29 is 9.53 Å². The van der Waals surface area contributed by atoms with Crippen LogP contribution in [0.1, 0.15) is 29.3 Å². The number of carbonyl (C=O) groups is 1. The van der Waals surface area contributed by atoms with E-state index >= 15 is 0 Å². The molecule has 2 aromatic rings. The van der Waals surface area contributed by atoms with Crippen LogP contribution < -0.4 is 9.64 Å². The van der Waals surface area contributed by atoms with Crippen LogP contribution in [0.4, 0.5) is 5.82 Å². The number of aromatic nitrogens is 2. The zero-order valence-corrected chi connectivity index (χ0v) is 15.0. The van der Waals surface area contributed by atoms with Crippen molar-refractivity contribution in [1.82, 2.24) is 14.9 Å². The second kappa shape index (κ2) is 7.17. The average molecular weight is 346 g/mol. The van der Waals surface area contributed by atoms with Crippen molar-refractivity contribution in [2.45, 2.75) is 26.9 Å². The SMILES string of the molecule is Cc1nc(OC(C)C)cc(N2CCN(C(=O)c3cccs3)CC2)n1. The Labute approximate surface area is 146 Å². The first-order valence-electron chi connectivity index (χ1n) is 8.13. The molecule has 128 valence electrons. The van der Waals surface area contributed by atoms with E-state index in [1.54, 1.807) is 0 Å². The van der Waals surface area contributed by atoms with Gasteiger partial charge in [-0.05, 0) is 32.2 Å². The van der Waals surface area contributed by atoms with E-state index in [1.807, 2.05) is 49.3 Å². The first-order chi connectivity index (χ1) is 11.5. The van der Waals surface area contributed by atoms with Crippen molar-refractivity contribution in [3.8, 4) is 5.88 Å². The lowest BCUT2D eigenvalue weighted by Crippen LogP contribution is -2.49. The summed E-state index contributed by atoms with van der Waals surface area (Å²) in [6, 6.07) is 5.67. The van der Waals surface area contributed by atoms with E-state index in [9.17, 15) is 4.79 Å². The highest BCUT2D eigenvalue weighted by Crippen LogP contribution is 2.21. The molecule has 0 aliphatic carbocycles. The molecule has 0 N–H and O–H groups in total. The molecule has 0 unspecified atom stereocenters. The highest BCUT2D eigenvalue weighted by Gasteiger charge is 2.24. The maximum absolute atomic E-state index is 12.4. The summed E-state index contributed by atoms with van der Waals surface area (Å²) in [5.74, 6) is 2.28. The summed E-state index contributed by atoms with van der Waals surface area (Å²) in [5.41, 5.74) is 0. The van der Waals surface area contributed by atoms with Crippen LogP contribution in [0.25, 0.3) is 0 Å². The summed E-state index contributed by atoms with van der Waals surface area (Å²) in [5, 5.41) is 1.93. The predicted molar refractivity (Wildman–Crippen MR) is 95.0 cm³/mol. The summed E-state index contributed by atoms with van der Waals surface area (Å²) in [6.45, 7) is 8.73. The molecule has 0 saturated carbocycles. The van der Waals surface area contributed by atoms with Crippen molar-refractivity contribution >= 4 is 23.1 Å². The van der Waals surface area contributed by atoms with E-state index in [0.717, 1.165) is 23.8 Å². The molecule has 1 saturated heterocycles. The topological polar surface area (TPSA) is 58.6 Å². The van der Waals surface area contributed by atoms with E-state index in [0.29, 0.717) is 24.8 Å². The van der Waals surface area contributed by atoms with E-state index in [4.69, 9.17) is 4.74 Å². The number of aryl methyl sites for hydroxylation is 1. The number of nitrogens with zero attached hydrogens (tertiary/aromatic N) is 4.